The number of amides is 1. The summed E-state index contributed by atoms with van der Waals surface area (Å²) in [5.41, 5.74) is 0.640. The molecule has 1 heterocycles. The molecule has 0 aliphatic carbocycles. The maximum atomic E-state index is 13.2. The van der Waals surface area contributed by atoms with Crippen molar-refractivity contribution in [1.29, 1.82) is 0 Å². The fourth-order valence-electron chi connectivity index (χ4n) is 2.79. The lowest BCUT2D eigenvalue weighted by atomic mass is 10.2. The van der Waals surface area contributed by atoms with E-state index in [0.29, 0.717) is 37.6 Å². The number of anilines is 1. The Morgan fingerprint density at radius 3 is 2.52 bits per heavy atom. The summed E-state index contributed by atoms with van der Waals surface area (Å²) >= 11 is 0. The molecule has 0 saturated carbocycles. The third-order valence-electron chi connectivity index (χ3n) is 4.32. The van der Waals surface area contributed by atoms with Gasteiger partial charge in [0, 0.05) is 24.8 Å². The quantitative estimate of drug-likeness (QED) is 0.766. The lowest BCUT2D eigenvalue weighted by Gasteiger charge is -2.26. The van der Waals surface area contributed by atoms with Crippen LogP contribution in [0.4, 0.5) is 14.5 Å². The van der Waals surface area contributed by atoms with Crippen molar-refractivity contribution in [2.24, 2.45) is 0 Å². The van der Waals surface area contributed by atoms with Gasteiger partial charge in [0.05, 0.1) is 18.1 Å². The summed E-state index contributed by atoms with van der Waals surface area (Å²) in [6, 6.07) is 7.38. The molecule has 1 fully saturated rings. The van der Waals surface area contributed by atoms with Crippen LogP contribution in [0, 0.1) is 18.6 Å². The number of aryl methyl sites for hydroxylation is 1. The smallest absolute Gasteiger partial charge is 0.262 e. The second-order valence-electron chi connectivity index (χ2n) is 6.41. The van der Waals surface area contributed by atoms with Crippen LogP contribution in [0.2, 0.25) is 0 Å². The molecular weight excluding hydrogens is 406 g/mol. The van der Waals surface area contributed by atoms with Crippen molar-refractivity contribution in [3.63, 3.8) is 0 Å². The molecule has 7 nitrogen and oxygen atoms in total. The van der Waals surface area contributed by atoms with E-state index < -0.39 is 27.6 Å². The molecule has 0 aromatic heterocycles. The Morgan fingerprint density at radius 1 is 1.14 bits per heavy atom. The lowest BCUT2D eigenvalue weighted by molar-refractivity contribution is -0.118. The van der Waals surface area contributed by atoms with E-state index in [4.69, 9.17) is 9.47 Å². The minimum Gasteiger partial charge on any atom is -0.483 e. The minimum absolute atomic E-state index is 0.0983. The molecule has 3 rings (SSSR count). The first-order valence-corrected chi connectivity index (χ1v) is 10.3. The van der Waals surface area contributed by atoms with Crippen molar-refractivity contribution in [3.8, 4) is 5.75 Å². The highest BCUT2D eigenvalue weighted by molar-refractivity contribution is 7.89. The molecule has 0 unspecified atom stereocenters. The molecule has 2 aromatic rings. The predicted molar refractivity (Wildman–Crippen MR) is 101 cm³/mol. The van der Waals surface area contributed by atoms with Gasteiger partial charge in [0.1, 0.15) is 5.75 Å². The van der Waals surface area contributed by atoms with Crippen LogP contribution in [-0.2, 0) is 19.6 Å². The molecule has 1 N–H and O–H groups in total. The number of nitrogens with one attached hydrogen (secondary N) is 1. The number of benzene rings is 2. The van der Waals surface area contributed by atoms with Gasteiger partial charge in [0.25, 0.3) is 5.91 Å². The number of sulfonamides is 1. The summed E-state index contributed by atoms with van der Waals surface area (Å²) in [6.45, 7) is 2.59. The zero-order valence-corrected chi connectivity index (χ0v) is 16.5. The Hall–Kier alpha value is -2.56. The van der Waals surface area contributed by atoms with Crippen molar-refractivity contribution in [2.75, 3.05) is 38.2 Å². The van der Waals surface area contributed by atoms with E-state index in [1.54, 1.807) is 6.92 Å². The molecule has 156 valence electrons. The summed E-state index contributed by atoms with van der Waals surface area (Å²) in [4.78, 5) is 12.1. The van der Waals surface area contributed by atoms with Gasteiger partial charge in [-0.15, -0.1) is 0 Å². The van der Waals surface area contributed by atoms with Gasteiger partial charge in [-0.3, -0.25) is 4.79 Å². The first kappa shape index (κ1) is 21.2. The first-order valence-electron chi connectivity index (χ1n) is 8.83. The number of ether oxygens (including phenoxy) is 2. The summed E-state index contributed by atoms with van der Waals surface area (Å²) < 4.78 is 63.4. The Bertz CT molecular complexity index is 1010. The van der Waals surface area contributed by atoms with Crippen molar-refractivity contribution in [2.45, 2.75) is 11.8 Å². The second-order valence-corrected chi connectivity index (χ2v) is 8.35. The van der Waals surface area contributed by atoms with Crippen molar-refractivity contribution < 1.29 is 31.5 Å². The highest BCUT2D eigenvalue weighted by Gasteiger charge is 2.26. The van der Waals surface area contributed by atoms with Crippen molar-refractivity contribution in [3.05, 3.63) is 53.6 Å². The average Bonchev–Trinajstić information content (AvgIpc) is 2.70. The molecule has 1 saturated heterocycles. The Balaban J connectivity index is 1.63. The van der Waals surface area contributed by atoms with Crippen LogP contribution >= 0.6 is 0 Å². The maximum absolute atomic E-state index is 13.2. The number of carbonyl (C=O) groups excluding carboxylic acids is 1. The van der Waals surface area contributed by atoms with Gasteiger partial charge in [-0.25, -0.2) is 17.2 Å². The number of carbonyl (C=O) groups is 1. The van der Waals surface area contributed by atoms with Gasteiger partial charge in [-0.05, 0) is 42.8 Å². The van der Waals surface area contributed by atoms with Crippen LogP contribution in [-0.4, -0.2) is 51.5 Å². The molecule has 1 amide bonds. The van der Waals surface area contributed by atoms with Crippen molar-refractivity contribution >= 4 is 21.6 Å². The molecule has 1 aliphatic heterocycles. The van der Waals surface area contributed by atoms with Crippen LogP contribution < -0.4 is 10.1 Å². The van der Waals surface area contributed by atoms with Crippen molar-refractivity contribution in [1.82, 2.24) is 4.31 Å². The SMILES string of the molecule is Cc1cc(S(=O)(=O)N2CCOCC2)ccc1OCC(=O)Nc1ccc(F)c(F)c1. The average molecular weight is 426 g/mol. The van der Waals surface area contributed by atoms with E-state index in [1.807, 2.05) is 0 Å². The van der Waals surface area contributed by atoms with Crippen LogP contribution in [0.1, 0.15) is 5.56 Å². The lowest BCUT2D eigenvalue weighted by Crippen LogP contribution is -2.40. The summed E-state index contributed by atoms with van der Waals surface area (Å²) in [6.07, 6.45) is 0. The Kier molecular flexibility index (Phi) is 6.46. The Morgan fingerprint density at radius 2 is 1.86 bits per heavy atom. The van der Waals surface area contributed by atoms with Gasteiger partial charge >= 0.3 is 0 Å². The molecular formula is C19H20F2N2O5S. The molecule has 10 heteroatoms. The van der Waals surface area contributed by atoms with Gasteiger partial charge in [-0.1, -0.05) is 0 Å². The van der Waals surface area contributed by atoms with Crippen LogP contribution in [0.25, 0.3) is 0 Å². The summed E-state index contributed by atoms with van der Waals surface area (Å²) in [5, 5.41) is 2.39. The fourth-order valence-corrected chi connectivity index (χ4v) is 4.29. The highest BCUT2D eigenvalue weighted by atomic mass is 32.2. The predicted octanol–water partition coefficient (Wildman–Crippen LogP) is 2.31. The van der Waals surface area contributed by atoms with E-state index in [0.717, 1.165) is 12.1 Å². The standard InChI is InChI=1S/C19H20F2N2O5S/c1-13-10-15(29(25,26)23-6-8-27-9-7-23)3-5-18(13)28-12-19(24)22-14-2-4-16(20)17(21)11-14/h2-5,10-11H,6-9,12H2,1H3,(H,22,24). The number of hydrogen-bond donors (Lipinski definition) is 1. The van der Waals surface area contributed by atoms with Gasteiger partial charge in [-0.2, -0.15) is 4.31 Å². The number of morpholine rings is 1. The zero-order valence-electron chi connectivity index (χ0n) is 15.7. The normalized spacial score (nSPS) is 15.1. The molecule has 2 aromatic carbocycles. The summed E-state index contributed by atoms with van der Waals surface area (Å²) in [5.74, 6) is -2.31. The minimum atomic E-state index is -3.63. The first-order chi connectivity index (χ1) is 13.8. The molecule has 1 aliphatic rings. The molecule has 0 atom stereocenters. The van der Waals surface area contributed by atoms with E-state index in [2.05, 4.69) is 5.32 Å². The topological polar surface area (TPSA) is 84.9 Å². The van der Waals surface area contributed by atoms with Crippen LogP contribution in [0.5, 0.6) is 5.75 Å². The van der Waals surface area contributed by atoms with E-state index in [-0.39, 0.29) is 17.2 Å². The maximum Gasteiger partial charge on any atom is 0.262 e. The number of nitrogens with zero attached hydrogens (tertiary/aromatic N) is 1. The highest BCUT2D eigenvalue weighted by Crippen LogP contribution is 2.24. The van der Waals surface area contributed by atoms with E-state index >= 15 is 0 Å². The number of halogens is 2. The molecule has 0 radical (unpaired) electrons. The third kappa shape index (κ3) is 5.08. The van der Waals surface area contributed by atoms with Crippen LogP contribution in [0.3, 0.4) is 0 Å². The van der Waals surface area contributed by atoms with E-state index in [1.165, 1.54) is 28.6 Å². The van der Waals surface area contributed by atoms with Gasteiger partial charge < -0.3 is 14.8 Å². The zero-order chi connectivity index (χ0) is 21.0. The van der Waals surface area contributed by atoms with E-state index in [9.17, 15) is 22.0 Å². The van der Waals surface area contributed by atoms with Gasteiger partial charge in [0.2, 0.25) is 10.0 Å². The summed E-state index contributed by atoms with van der Waals surface area (Å²) in [7, 11) is -3.63. The molecule has 0 bridgehead atoms. The largest absolute Gasteiger partial charge is 0.483 e. The number of rotatable bonds is 6. The molecule has 29 heavy (non-hydrogen) atoms. The fraction of sp³-hybridized carbons (Fsp3) is 0.316. The monoisotopic (exact) mass is 426 g/mol. The third-order valence-corrected chi connectivity index (χ3v) is 6.21. The Labute approximate surface area is 167 Å². The van der Waals surface area contributed by atoms with Crippen LogP contribution in [0.15, 0.2) is 41.3 Å². The second kappa shape index (κ2) is 8.85. The number of hydrogen-bond acceptors (Lipinski definition) is 5. The van der Waals surface area contributed by atoms with Gasteiger partial charge in [0.15, 0.2) is 18.2 Å². The molecule has 0 spiro atoms.